The number of hydroxylamine groups is 2. The van der Waals surface area contributed by atoms with Gasteiger partial charge in [-0.3, -0.25) is 19.1 Å². The van der Waals surface area contributed by atoms with Gasteiger partial charge in [0.25, 0.3) is 5.56 Å². The number of rotatable bonds is 6. The summed E-state index contributed by atoms with van der Waals surface area (Å²) in [5, 5.41) is 33.9. The Bertz CT molecular complexity index is 942. The number of carbonyl (C=O) groups is 1. The van der Waals surface area contributed by atoms with E-state index in [1.54, 1.807) is 0 Å². The van der Waals surface area contributed by atoms with Crippen molar-refractivity contribution in [3.63, 3.8) is 0 Å². The summed E-state index contributed by atoms with van der Waals surface area (Å²) in [5.41, 5.74) is -2.31. The van der Waals surface area contributed by atoms with E-state index in [2.05, 4.69) is 10.3 Å². The summed E-state index contributed by atoms with van der Waals surface area (Å²) in [6, 6.07) is -0.132. The molecule has 2 aliphatic heterocycles. The van der Waals surface area contributed by atoms with Crippen molar-refractivity contribution in [2.24, 2.45) is 0 Å². The number of aromatic nitrogens is 2. The summed E-state index contributed by atoms with van der Waals surface area (Å²) in [5.74, 6) is -0.294. The van der Waals surface area contributed by atoms with Gasteiger partial charge in [0.05, 0.1) is 23.4 Å². The van der Waals surface area contributed by atoms with E-state index < -0.39 is 40.8 Å². The maximum Gasteiger partial charge on any atom is 0.330 e. The molecule has 0 aromatic carbocycles. The molecule has 0 saturated carbocycles. The predicted molar refractivity (Wildman–Crippen MR) is 117 cm³/mol. The van der Waals surface area contributed by atoms with Gasteiger partial charge in [-0.1, -0.05) is 0 Å². The summed E-state index contributed by atoms with van der Waals surface area (Å²) in [4.78, 5) is 39.3. The third-order valence-corrected chi connectivity index (χ3v) is 7.00. The van der Waals surface area contributed by atoms with Crippen LogP contribution in [0.5, 0.6) is 0 Å². The molecule has 11 nitrogen and oxygen atoms in total. The van der Waals surface area contributed by atoms with E-state index in [1.807, 2.05) is 27.7 Å². The molecule has 2 aliphatic rings. The van der Waals surface area contributed by atoms with E-state index in [-0.39, 0.29) is 35.6 Å². The molecular formula is C20H32N4O7S. The molecule has 2 fully saturated rings. The van der Waals surface area contributed by atoms with E-state index in [1.165, 1.54) is 11.3 Å². The molecule has 3 rings (SSSR count). The Hall–Kier alpha value is -1.70. The van der Waals surface area contributed by atoms with Crippen LogP contribution in [0, 0.1) is 0 Å². The van der Waals surface area contributed by atoms with E-state index in [9.17, 15) is 29.8 Å². The summed E-state index contributed by atoms with van der Waals surface area (Å²) >= 11 is 0.990. The van der Waals surface area contributed by atoms with Crippen molar-refractivity contribution < 1.29 is 25.0 Å². The van der Waals surface area contributed by atoms with Gasteiger partial charge < -0.3 is 25.5 Å². The Morgan fingerprint density at radius 3 is 2.47 bits per heavy atom. The molecule has 0 bridgehead atoms. The lowest BCUT2D eigenvalue weighted by molar-refractivity contribution is -0.246. The third-order valence-electron chi connectivity index (χ3n) is 5.99. The first kappa shape index (κ1) is 24.9. The zero-order valence-corrected chi connectivity index (χ0v) is 19.5. The first-order valence-electron chi connectivity index (χ1n) is 10.6. The van der Waals surface area contributed by atoms with Crippen molar-refractivity contribution in [1.82, 2.24) is 19.9 Å². The number of nitrogens with one attached hydrogen (secondary N) is 2. The zero-order valence-electron chi connectivity index (χ0n) is 18.7. The van der Waals surface area contributed by atoms with E-state index >= 15 is 0 Å². The zero-order chi connectivity index (χ0) is 23.8. The second-order valence-electron chi connectivity index (χ2n) is 9.67. The minimum absolute atomic E-state index is 0.0328. The van der Waals surface area contributed by atoms with Gasteiger partial charge in [0, 0.05) is 29.7 Å². The maximum absolute atomic E-state index is 12.6. The molecule has 0 radical (unpaired) electrons. The number of carbonyl (C=O) groups excluding carboxylic acids is 1. The SMILES string of the molecule is CC1(C)CC(NC(=O)CSc2cn(C3CC(O)C(CO)O3)c(=O)[nH]c2=O)CC(C)(C)N1O. The number of amides is 1. The standard InChI is InChI=1S/C20H32N4O7S/c1-19(2)6-11(7-20(3,4)24(19)30)21-15(27)10-32-14-8-23(18(29)22-17(14)28)16-5-12(26)13(9-25)31-16/h8,11-13,16,25-26,30H,5-7,9-10H2,1-4H3,(H,21,27)(H,22,28,29). The van der Waals surface area contributed by atoms with E-state index in [0.717, 1.165) is 16.3 Å². The highest BCUT2D eigenvalue weighted by molar-refractivity contribution is 8.00. The number of piperidine rings is 1. The Labute approximate surface area is 189 Å². The number of nitrogens with zero attached hydrogens (tertiary/aromatic N) is 2. The van der Waals surface area contributed by atoms with Crippen molar-refractivity contribution in [2.45, 2.75) is 87.4 Å². The Kier molecular flexibility index (Phi) is 7.23. The van der Waals surface area contributed by atoms with Crippen LogP contribution in [-0.4, -0.2) is 77.6 Å². The molecule has 0 aliphatic carbocycles. The van der Waals surface area contributed by atoms with Gasteiger partial charge in [0.2, 0.25) is 5.91 Å². The Morgan fingerprint density at radius 1 is 1.28 bits per heavy atom. The van der Waals surface area contributed by atoms with Crippen LogP contribution in [0.15, 0.2) is 20.7 Å². The number of aromatic amines is 1. The summed E-state index contributed by atoms with van der Waals surface area (Å²) in [6.07, 6.45) is -0.00887. The van der Waals surface area contributed by atoms with Gasteiger partial charge in [-0.05, 0) is 40.5 Å². The molecular weight excluding hydrogens is 440 g/mol. The maximum atomic E-state index is 12.6. The fourth-order valence-electron chi connectivity index (χ4n) is 4.62. The van der Waals surface area contributed by atoms with Gasteiger partial charge in [0.15, 0.2) is 0 Å². The van der Waals surface area contributed by atoms with Crippen LogP contribution in [0.2, 0.25) is 0 Å². The second kappa shape index (κ2) is 9.27. The minimum atomic E-state index is -0.926. The summed E-state index contributed by atoms with van der Waals surface area (Å²) < 4.78 is 6.64. The van der Waals surface area contributed by atoms with E-state index in [0.29, 0.717) is 12.8 Å². The molecule has 1 aromatic heterocycles. The smallest absolute Gasteiger partial charge is 0.330 e. The number of hydrogen-bond donors (Lipinski definition) is 5. The van der Waals surface area contributed by atoms with Crippen LogP contribution < -0.4 is 16.6 Å². The molecule has 3 atom stereocenters. The number of aliphatic hydroxyl groups excluding tert-OH is 2. The molecule has 1 aromatic rings. The highest BCUT2D eigenvalue weighted by Crippen LogP contribution is 2.36. The van der Waals surface area contributed by atoms with Gasteiger partial charge >= 0.3 is 5.69 Å². The number of aliphatic hydroxyl groups is 2. The minimum Gasteiger partial charge on any atom is -0.394 e. The van der Waals surface area contributed by atoms with Crippen LogP contribution in [0.1, 0.15) is 53.2 Å². The van der Waals surface area contributed by atoms with Crippen LogP contribution in [0.3, 0.4) is 0 Å². The number of thioether (sulfide) groups is 1. The molecule has 3 unspecified atom stereocenters. The van der Waals surface area contributed by atoms with Crippen LogP contribution in [0.25, 0.3) is 0 Å². The summed E-state index contributed by atoms with van der Waals surface area (Å²) in [6.45, 7) is 7.25. The van der Waals surface area contributed by atoms with Crippen molar-refractivity contribution in [1.29, 1.82) is 0 Å². The fraction of sp³-hybridized carbons (Fsp3) is 0.750. The predicted octanol–water partition coefficient (Wildman–Crippen LogP) is -0.204. The molecule has 2 saturated heterocycles. The molecule has 32 heavy (non-hydrogen) atoms. The van der Waals surface area contributed by atoms with E-state index in [4.69, 9.17) is 4.74 Å². The number of hydrogen-bond acceptors (Lipinski definition) is 9. The van der Waals surface area contributed by atoms with Crippen LogP contribution in [0.4, 0.5) is 0 Å². The number of H-pyrrole nitrogens is 1. The monoisotopic (exact) mass is 472 g/mol. The molecule has 5 N–H and O–H groups in total. The van der Waals surface area contributed by atoms with Crippen molar-refractivity contribution in [3.05, 3.63) is 27.0 Å². The normalized spacial score (nSPS) is 28.0. The van der Waals surface area contributed by atoms with Crippen LogP contribution >= 0.6 is 11.8 Å². The quantitative estimate of drug-likeness (QED) is 0.354. The lowest BCUT2D eigenvalue weighted by Crippen LogP contribution is -2.63. The van der Waals surface area contributed by atoms with Gasteiger partial charge in [-0.2, -0.15) is 5.06 Å². The highest BCUT2D eigenvalue weighted by atomic mass is 32.2. The van der Waals surface area contributed by atoms with Crippen molar-refractivity contribution >= 4 is 17.7 Å². The van der Waals surface area contributed by atoms with Crippen LogP contribution in [-0.2, 0) is 9.53 Å². The number of ether oxygens (including phenoxy) is 1. The average Bonchev–Trinajstić information content (AvgIpc) is 3.05. The first-order chi connectivity index (χ1) is 14.8. The molecule has 1 amide bonds. The first-order valence-corrected chi connectivity index (χ1v) is 11.5. The van der Waals surface area contributed by atoms with Gasteiger partial charge in [-0.15, -0.1) is 11.8 Å². The third kappa shape index (κ3) is 5.26. The Morgan fingerprint density at radius 2 is 1.91 bits per heavy atom. The molecule has 3 heterocycles. The lowest BCUT2D eigenvalue weighted by Gasteiger charge is -2.51. The van der Waals surface area contributed by atoms with Gasteiger partial charge in [0.1, 0.15) is 12.3 Å². The Balaban J connectivity index is 1.65. The highest BCUT2D eigenvalue weighted by Gasteiger charge is 2.45. The molecule has 12 heteroatoms. The lowest BCUT2D eigenvalue weighted by atomic mass is 9.79. The molecule has 0 spiro atoms. The average molecular weight is 473 g/mol. The van der Waals surface area contributed by atoms with Gasteiger partial charge in [-0.25, -0.2) is 4.79 Å². The summed E-state index contributed by atoms with van der Waals surface area (Å²) in [7, 11) is 0. The molecule has 180 valence electrons. The second-order valence-corrected chi connectivity index (χ2v) is 10.7. The van der Waals surface area contributed by atoms with Crippen molar-refractivity contribution in [2.75, 3.05) is 12.4 Å². The fourth-order valence-corrected chi connectivity index (χ4v) is 5.36. The topological polar surface area (TPSA) is 157 Å². The largest absolute Gasteiger partial charge is 0.394 e. The van der Waals surface area contributed by atoms with Crippen molar-refractivity contribution in [3.8, 4) is 0 Å².